The van der Waals surface area contributed by atoms with Gasteiger partial charge in [-0.3, -0.25) is 0 Å². The molecule has 0 saturated carbocycles. The van der Waals surface area contributed by atoms with Crippen molar-refractivity contribution in [3.05, 3.63) is 66.0 Å². The number of aromatic nitrogens is 4. The lowest BCUT2D eigenvalue weighted by Gasteiger charge is -2.27. The molecule has 1 heterocycles. The molecule has 2 aromatic carbocycles. The highest BCUT2D eigenvalue weighted by atomic mass is 15.6. The fourth-order valence-electron chi connectivity index (χ4n) is 2.43. The Morgan fingerprint density at radius 1 is 0.955 bits per heavy atom. The van der Waals surface area contributed by atoms with E-state index in [9.17, 15) is 0 Å². The quantitative estimate of drug-likeness (QED) is 0.801. The SMILES string of the molecule is Cc1ccccc1NC(C)(C)c1nnnn1-c1ccccc1. The second kappa shape index (κ2) is 5.60. The molecule has 0 aliphatic heterocycles. The molecule has 0 aliphatic carbocycles. The highest BCUT2D eigenvalue weighted by molar-refractivity contribution is 5.52. The average Bonchev–Trinajstić information content (AvgIpc) is 3.01. The van der Waals surface area contributed by atoms with E-state index >= 15 is 0 Å². The molecule has 0 fully saturated rings. The summed E-state index contributed by atoms with van der Waals surface area (Å²) < 4.78 is 1.77. The van der Waals surface area contributed by atoms with Crippen molar-refractivity contribution in [1.29, 1.82) is 0 Å². The number of rotatable bonds is 4. The third-order valence-corrected chi connectivity index (χ3v) is 3.62. The van der Waals surface area contributed by atoms with Gasteiger partial charge in [0.15, 0.2) is 5.82 Å². The number of anilines is 1. The topological polar surface area (TPSA) is 55.6 Å². The molecule has 0 unspecified atom stereocenters. The molecular formula is C17H19N5. The molecule has 1 aromatic heterocycles. The molecule has 0 spiro atoms. The van der Waals surface area contributed by atoms with E-state index in [0.717, 1.165) is 17.2 Å². The third-order valence-electron chi connectivity index (χ3n) is 3.62. The molecule has 0 atom stereocenters. The predicted molar refractivity (Wildman–Crippen MR) is 87.0 cm³/mol. The lowest BCUT2D eigenvalue weighted by molar-refractivity contribution is 0.541. The number of tetrazole rings is 1. The Morgan fingerprint density at radius 2 is 1.64 bits per heavy atom. The molecule has 0 radical (unpaired) electrons. The van der Waals surface area contributed by atoms with Crippen molar-refractivity contribution in [2.75, 3.05) is 5.32 Å². The first kappa shape index (κ1) is 14.3. The summed E-state index contributed by atoms with van der Waals surface area (Å²) in [6.45, 7) is 6.23. The maximum atomic E-state index is 4.23. The van der Waals surface area contributed by atoms with Gasteiger partial charge in [0.1, 0.15) is 0 Å². The van der Waals surface area contributed by atoms with Crippen molar-refractivity contribution in [2.45, 2.75) is 26.3 Å². The summed E-state index contributed by atoms with van der Waals surface area (Å²) in [6.07, 6.45) is 0. The first-order valence-electron chi connectivity index (χ1n) is 7.26. The molecule has 112 valence electrons. The number of hydrogen-bond acceptors (Lipinski definition) is 4. The molecular weight excluding hydrogens is 274 g/mol. The van der Waals surface area contributed by atoms with Gasteiger partial charge in [-0.15, -0.1) is 5.10 Å². The highest BCUT2D eigenvalue weighted by Crippen LogP contribution is 2.26. The summed E-state index contributed by atoms with van der Waals surface area (Å²) in [4.78, 5) is 0. The van der Waals surface area contributed by atoms with E-state index in [1.54, 1.807) is 4.68 Å². The van der Waals surface area contributed by atoms with Gasteiger partial charge in [-0.1, -0.05) is 36.4 Å². The van der Waals surface area contributed by atoms with Crippen molar-refractivity contribution >= 4 is 5.69 Å². The van der Waals surface area contributed by atoms with Gasteiger partial charge in [0.05, 0.1) is 11.2 Å². The van der Waals surface area contributed by atoms with Crippen LogP contribution in [0.25, 0.3) is 5.69 Å². The smallest absolute Gasteiger partial charge is 0.181 e. The van der Waals surface area contributed by atoms with Crippen LogP contribution >= 0.6 is 0 Å². The van der Waals surface area contributed by atoms with Crippen LogP contribution in [0.5, 0.6) is 0 Å². The van der Waals surface area contributed by atoms with Crippen LogP contribution in [0.3, 0.4) is 0 Å². The second-order valence-corrected chi connectivity index (χ2v) is 5.81. The first-order chi connectivity index (χ1) is 10.6. The van der Waals surface area contributed by atoms with Gasteiger partial charge in [0.2, 0.25) is 0 Å². The minimum Gasteiger partial charge on any atom is -0.373 e. The number of nitrogens with zero attached hydrogens (tertiary/aromatic N) is 4. The van der Waals surface area contributed by atoms with Crippen molar-refractivity contribution in [3.63, 3.8) is 0 Å². The van der Waals surface area contributed by atoms with Crippen LogP contribution in [0.4, 0.5) is 5.69 Å². The number of aryl methyl sites for hydroxylation is 1. The predicted octanol–water partition coefficient (Wildman–Crippen LogP) is 3.32. The first-order valence-corrected chi connectivity index (χ1v) is 7.26. The largest absolute Gasteiger partial charge is 0.373 e. The molecule has 1 N–H and O–H groups in total. The summed E-state index contributed by atoms with van der Waals surface area (Å²) in [7, 11) is 0. The van der Waals surface area contributed by atoms with E-state index in [0.29, 0.717) is 0 Å². The molecule has 3 aromatic rings. The summed E-state index contributed by atoms with van der Waals surface area (Å²) in [6, 6.07) is 18.1. The van der Waals surface area contributed by atoms with E-state index in [1.807, 2.05) is 42.5 Å². The molecule has 0 saturated heterocycles. The van der Waals surface area contributed by atoms with Crippen molar-refractivity contribution < 1.29 is 0 Å². The molecule has 0 aliphatic rings. The normalized spacial score (nSPS) is 11.4. The Hall–Kier alpha value is -2.69. The minimum atomic E-state index is -0.411. The number of nitrogens with one attached hydrogen (secondary N) is 1. The Labute approximate surface area is 130 Å². The van der Waals surface area contributed by atoms with Crippen molar-refractivity contribution in [3.8, 4) is 5.69 Å². The molecule has 5 heteroatoms. The van der Waals surface area contributed by atoms with Gasteiger partial charge >= 0.3 is 0 Å². The van der Waals surface area contributed by atoms with Crippen LogP contribution in [0, 0.1) is 6.92 Å². The fraction of sp³-hybridized carbons (Fsp3) is 0.235. The van der Waals surface area contributed by atoms with Gasteiger partial charge in [-0.25, -0.2) is 0 Å². The summed E-state index contributed by atoms with van der Waals surface area (Å²) >= 11 is 0. The van der Waals surface area contributed by atoms with Gasteiger partial charge in [0, 0.05) is 5.69 Å². The van der Waals surface area contributed by atoms with Crippen molar-refractivity contribution in [2.24, 2.45) is 0 Å². The van der Waals surface area contributed by atoms with E-state index in [4.69, 9.17) is 0 Å². The van der Waals surface area contributed by atoms with Crippen LogP contribution in [0.2, 0.25) is 0 Å². The zero-order valence-corrected chi connectivity index (χ0v) is 13.0. The minimum absolute atomic E-state index is 0.411. The summed E-state index contributed by atoms with van der Waals surface area (Å²) in [5.74, 6) is 0.766. The maximum absolute atomic E-state index is 4.23. The Kier molecular flexibility index (Phi) is 3.63. The van der Waals surface area contributed by atoms with Gasteiger partial charge in [0.25, 0.3) is 0 Å². The lowest BCUT2D eigenvalue weighted by atomic mass is 10.0. The van der Waals surface area contributed by atoms with Gasteiger partial charge in [-0.2, -0.15) is 4.68 Å². The highest BCUT2D eigenvalue weighted by Gasteiger charge is 2.28. The zero-order valence-electron chi connectivity index (χ0n) is 13.0. The van der Waals surface area contributed by atoms with Crippen molar-refractivity contribution in [1.82, 2.24) is 20.2 Å². The molecule has 0 bridgehead atoms. The number of para-hydroxylation sites is 2. The maximum Gasteiger partial charge on any atom is 0.181 e. The van der Waals surface area contributed by atoms with Crippen LogP contribution in [0.1, 0.15) is 25.2 Å². The van der Waals surface area contributed by atoms with Gasteiger partial charge < -0.3 is 5.32 Å². The molecule has 5 nitrogen and oxygen atoms in total. The second-order valence-electron chi connectivity index (χ2n) is 5.81. The lowest BCUT2D eigenvalue weighted by Crippen LogP contribution is -2.32. The standard InChI is InChI=1S/C17H19N5/c1-13-9-7-8-12-15(13)18-17(2,3)16-19-20-21-22(16)14-10-5-4-6-11-14/h4-12,18H,1-3H3. The Bertz CT molecular complexity index is 761. The number of hydrogen-bond donors (Lipinski definition) is 1. The summed E-state index contributed by atoms with van der Waals surface area (Å²) in [5.41, 5.74) is 2.80. The van der Waals surface area contributed by atoms with Gasteiger partial charge in [-0.05, 0) is 55.0 Å². The third kappa shape index (κ3) is 2.70. The monoisotopic (exact) mass is 293 g/mol. The zero-order chi connectivity index (χ0) is 15.6. The summed E-state index contributed by atoms with van der Waals surface area (Å²) in [5, 5.41) is 15.7. The molecule has 3 rings (SSSR count). The Morgan fingerprint density at radius 3 is 2.36 bits per heavy atom. The average molecular weight is 293 g/mol. The van der Waals surface area contributed by atoms with E-state index in [2.05, 4.69) is 53.7 Å². The fourth-order valence-corrected chi connectivity index (χ4v) is 2.43. The van der Waals surface area contributed by atoms with E-state index in [-0.39, 0.29) is 0 Å². The van der Waals surface area contributed by atoms with E-state index in [1.165, 1.54) is 5.56 Å². The van der Waals surface area contributed by atoms with Crippen LogP contribution < -0.4 is 5.32 Å². The Balaban J connectivity index is 1.97. The van der Waals surface area contributed by atoms with Crippen LogP contribution in [-0.2, 0) is 5.54 Å². The molecule has 0 amide bonds. The molecule has 22 heavy (non-hydrogen) atoms. The van der Waals surface area contributed by atoms with Crippen LogP contribution in [-0.4, -0.2) is 20.2 Å². The van der Waals surface area contributed by atoms with E-state index < -0.39 is 5.54 Å². The van der Waals surface area contributed by atoms with Crippen LogP contribution in [0.15, 0.2) is 54.6 Å². The number of benzene rings is 2.